The zero-order chi connectivity index (χ0) is 18.9. The molecule has 5 aromatic carbocycles. The summed E-state index contributed by atoms with van der Waals surface area (Å²) in [6.45, 7) is 0. The van der Waals surface area contributed by atoms with Crippen molar-refractivity contribution in [2.75, 3.05) is 0 Å². The minimum absolute atomic E-state index is 0.973. The molecule has 0 saturated carbocycles. The van der Waals surface area contributed by atoms with E-state index in [1.54, 1.807) is 12.4 Å². The highest BCUT2D eigenvalue weighted by Crippen LogP contribution is 2.41. The maximum absolute atomic E-state index is 4.74. The number of nitrogens with zero attached hydrogens (tertiary/aromatic N) is 2. The predicted molar refractivity (Wildman–Crippen MR) is 125 cm³/mol. The first-order valence-corrected chi connectivity index (χ1v) is 10.5. The molecule has 0 fully saturated rings. The van der Waals surface area contributed by atoms with E-state index in [-0.39, 0.29) is 0 Å². The van der Waals surface area contributed by atoms with Crippen LogP contribution < -0.4 is 0 Å². The molecule has 7 rings (SSSR count). The Hall–Kier alpha value is -3.56. The minimum Gasteiger partial charge on any atom is -0.252 e. The molecule has 2 heterocycles. The highest BCUT2D eigenvalue weighted by Gasteiger charge is 2.14. The summed E-state index contributed by atoms with van der Waals surface area (Å²) in [6.07, 6.45) is 3.59. The predicted octanol–water partition coefficient (Wildman–Crippen LogP) is 7.46. The van der Waals surface area contributed by atoms with Crippen LogP contribution in [0.5, 0.6) is 0 Å². The van der Waals surface area contributed by atoms with Crippen LogP contribution in [0.1, 0.15) is 0 Å². The number of aromatic nitrogens is 2. The lowest BCUT2D eigenvalue weighted by Gasteiger charge is -2.11. The molecule has 29 heavy (non-hydrogen) atoms. The quantitative estimate of drug-likeness (QED) is 0.200. The molecule has 2 aromatic heterocycles. The van der Waals surface area contributed by atoms with Crippen molar-refractivity contribution < 1.29 is 0 Å². The fraction of sp³-hybridized carbons (Fsp3) is 0. The van der Waals surface area contributed by atoms with Crippen molar-refractivity contribution in [2.24, 2.45) is 0 Å². The number of fused-ring (bicyclic) bond motifs is 10. The summed E-state index contributed by atoms with van der Waals surface area (Å²) in [6, 6.07) is 26.4. The van der Waals surface area contributed by atoms with Crippen LogP contribution in [0, 0.1) is 0 Å². The van der Waals surface area contributed by atoms with E-state index in [1.165, 1.54) is 47.1 Å². The second kappa shape index (κ2) is 5.49. The van der Waals surface area contributed by atoms with E-state index in [0.717, 1.165) is 16.4 Å². The van der Waals surface area contributed by atoms with Gasteiger partial charge < -0.3 is 0 Å². The first kappa shape index (κ1) is 15.4. The van der Waals surface area contributed by atoms with Crippen LogP contribution in [0.4, 0.5) is 0 Å². The Morgan fingerprint density at radius 2 is 1.10 bits per heavy atom. The Labute approximate surface area is 170 Å². The maximum atomic E-state index is 4.74. The molecule has 0 amide bonds. The van der Waals surface area contributed by atoms with Crippen LogP contribution in [0.2, 0.25) is 0 Å². The van der Waals surface area contributed by atoms with E-state index < -0.39 is 0 Å². The Morgan fingerprint density at radius 1 is 0.483 bits per heavy atom. The van der Waals surface area contributed by atoms with E-state index in [2.05, 4.69) is 72.8 Å². The van der Waals surface area contributed by atoms with Crippen molar-refractivity contribution in [1.82, 2.24) is 9.97 Å². The van der Waals surface area contributed by atoms with Crippen LogP contribution >= 0.6 is 11.3 Å². The molecule has 0 radical (unpaired) electrons. The van der Waals surface area contributed by atoms with Crippen LogP contribution in [0.15, 0.2) is 85.2 Å². The average Bonchev–Trinajstić information content (AvgIpc) is 3.15. The van der Waals surface area contributed by atoms with E-state index in [0.29, 0.717) is 0 Å². The number of hydrogen-bond acceptors (Lipinski definition) is 3. The molecule has 0 aliphatic heterocycles. The summed E-state index contributed by atoms with van der Waals surface area (Å²) in [5.74, 6) is 0. The summed E-state index contributed by atoms with van der Waals surface area (Å²) in [4.78, 5) is 9.47. The number of thiophene rings is 1. The molecule has 0 bridgehead atoms. The van der Waals surface area contributed by atoms with Gasteiger partial charge in [0.05, 0.1) is 11.0 Å². The fourth-order valence-electron chi connectivity index (χ4n) is 4.58. The highest BCUT2D eigenvalue weighted by molar-refractivity contribution is 7.25. The van der Waals surface area contributed by atoms with E-state index in [4.69, 9.17) is 9.97 Å². The highest BCUT2D eigenvalue weighted by atomic mass is 32.1. The molecule has 0 unspecified atom stereocenters. The molecule has 2 nitrogen and oxygen atoms in total. The van der Waals surface area contributed by atoms with Gasteiger partial charge in [-0.05, 0) is 51.9 Å². The molecule has 0 aliphatic rings. The smallest absolute Gasteiger partial charge is 0.0972 e. The summed E-state index contributed by atoms with van der Waals surface area (Å²) in [5, 5.41) is 9.94. The largest absolute Gasteiger partial charge is 0.252 e. The molecule has 134 valence electrons. The number of hydrogen-bond donors (Lipinski definition) is 0. The third-order valence-electron chi connectivity index (χ3n) is 5.90. The number of rotatable bonds is 0. The van der Waals surface area contributed by atoms with Crippen molar-refractivity contribution in [1.29, 1.82) is 0 Å². The van der Waals surface area contributed by atoms with Crippen molar-refractivity contribution in [2.45, 2.75) is 0 Å². The van der Waals surface area contributed by atoms with Crippen LogP contribution in [0.25, 0.3) is 63.5 Å². The van der Waals surface area contributed by atoms with Gasteiger partial charge in [0.15, 0.2) is 0 Å². The third kappa shape index (κ3) is 2.05. The molecule has 0 spiro atoms. The van der Waals surface area contributed by atoms with Crippen molar-refractivity contribution in [3.63, 3.8) is 0 Å². The second-order valence-electron chi connectivity index (χ2n) is 7.49. The van der Waals surface area contributed by atoms with Gasteiger partial charge in [-0.15, -0.1) is 11.3 Å². The van der Waals surface area contributed by atoms with Crippen LogP contribution in [-0.2, 0) is 0 Å². The lowest BCUT2D eigenvalue weighted by atomic mass is 9.95. The monoisotopic (exact) mass is 386 g/mol. The van der Waals surface area contributed by atoms with Gasteiger partial charge in [-0.1, -0.05) is 42.5 Å². The lowest BCUT2D eigenvalue weighted by molar-refractivity contribution is 1.31. The van der Waals surface area contributed by atoms with Gasteiger partial charge in [-0.2, -0.15) is 0 Å². The van der Waals surface area contributed by atoms with Gasteiger partial charge in [0.25, 0.3) is 0 Å². The SMILES string of the molecule is c1ccc2cc3c(cc2c1)c1cc2c(cc1c1nccnc31)sc1ccccc12. The molecular weight excluding hydrogens is 372 g/mol. The van der Waals surface area contributed by atoms with Crippen molar-refractivity contribution >= 4 is 74.9 Å². The molecule has 0 saturated heterocycles. The Kier molecular flexibility index (Phi) is 2.91. The summed E-state index contributed by atoms with van der Waals surface area (Å²) in [7, 11) is 0. The van der Waals surface area contributed by atoms with Gasteiger partial charge >= 0.3 is 0 Å². The summed E-state index contributed by atoms with van der Waals surface area (Å²) >= 11 is 1.84. The van der Waals surface area contributed by atoms with Gasteiger partial charge in [0.1, 0.15) is 0 Å². The molecule has 0 atom stereocenters. The van der Waals surface area contributed by atoms with E-state index in [9.17, 15) is 0 Å². The zero-order valence-electron chi connectivity index (χ0n) is 15.4. The van der Waals surface area contributed by atoms with Gasteiger partial charge in [-0.3, -0.25) is 9.97 Å². The molecule has 7 aromatic rings. The molecule has 0 N–H and O–H groups in total. The average molecular weight is 386 g/mol. The van der Waals surface area contributed by atoms with Crippen molar-refractivity contribution in [3.05, 3.63) is 85.2 Å². The summed E-state index contributed by atoms with van der Waals surface area (Å²) in [5.41, 5.74) is 1.95. The topological polar surface area (TPSA) is 25.8 Å². The first-order chi connectivity index (χ1) is 14.4. The molecule has 3 heteroatoms. The Balaban J connectivity index is 1.80. The van der Waals surface area contributed by atoms with Crippen LogP contribution in [-0.4, -0.2) is 9.97 Å². The van der Waals surface area contributed by atoms with Gasteiger partial charge in [-0.25, -0.2) is 0 Å². The first-order valence-electron chi connectivity index (χ1n) is 9.67. The Bertz CT molecular complexity index is 1760. The lowest BCUT2D eigenvalue weighted by Crippen LogP contribution is -1.89. The number of benzene rings is 5. The van der Waals surface area contributed by atoms with E-state index in [1.807, 2.05) is 11.3 Å². The maximum Gasteiger partial charge on any atom is 0.0972 e. The summed E-state index contributed by atoms with van der Waals surface area (Å²) < 4.78 is 2.62. The Morgan fingerprint density at radius 3 is 1.90 bits per heavy atom. The molecular formula is C26H14N2S. The van der Waals surface area contributed by atoms with E-state index >= 15 is 0 Å². The van der Waals surface area contributed by atoms with Gasteiger partial charge in [0, 0.05) is 43.3 Å². The third-order valence-corrected chi connectivity index (χ3v) is 7.03. The van der Waals surface area contributed by atoms with Crippen LogP contribution in [0.3, 0.4) is 0 Å². The van der Waals surface area contributed by atoms with Gasteiger partial charge in [0.2, 0.25) is 0 Å². The standard InChI is InChI=1S/C26H14N2S/c1-2-6-16-12-21-18(11-15(16)5-1)19-13-20-17-7-3-4-8-23(17)29-24(20)14-22(19)26-25(21)27-9-10-28-26/h1-14H. The zero-order valence-corrected chi connectivity index (χ0v) is 16.2. The van der Waals surface area contributed by atoms with Crippen molar-refractivity contribution in [3.8, 4) is 0 Å². The molecule has 0 aliphatic carbocycles. The minimum atomic E-state index is 0.973. The second-order valence-corrected chi connectivity index (χ2v) is 8.57. The normalized spacial score (nSPS) is 12.1. The fourth-order valence-corrected chi connectivity index (χ4v) is 5.71.